The molecule has 3 rings (SSSR count). The molecule has 0 spiro atoms. The summed E-state index contributed by atoms with van der Waals surface area (Å²) >= 11 is 0. The first-order chi connectivity index (χ1) is 13.9. The predicted octanol–water partition coefficient (Wildman–Crippen LogP) is 2.64. The van der Waals surface area contributed by atoms with E-state index in [1.807, 2.05) is 54.6 Å². The summed E-state index contributed by atoms with van der Waals surface area (Å²) < 4.78 is 0. The summed E-state index contributed by atoms with van der Waals surface area (Å²) in [6.45, 7) is 0.994. The SMILES string of the molecule is Cc1nc(Cc2ccc(Nc3ccccc3)cc2)nc(C(=O)NCC(=O)O)c1O. The molecule has 1 heterocycles. The molecule has 0 saturated carbocycles. The highest BCUT2D eigenvalue weighted by atomic mass is 16.4. The Hall–Kier alpha value is -3.94. The van der Waals surface area contributed by atoms with Crippen molar-refractivity contribution >= 4 is 23.3 Å². The average molecular weight is 392 g/mol. The second kappa shape index (κ2) is 8.83. The fourth-order valence-electron chi connectivity index (χ4n) is 2.68. The molecule has 8 heteroatoms. The number of carbonyl (C=O) groups is 2. The average Bonchev–Trinajstić information content (AvgIpc) is 2.71. The van der Waals surface area contributed by atoms with E-state index in [4.69, 9.17) is 5.11 Å². The summed E-state index contributed by atoms with van der Waals surface area (Å²) in [7, 11) is 0. The van der Waals surface area contributed by atoms with E-state index in [1.54, 1.807) is 6.92 Å². The summed E-state index contributed by atoms with van der Waals surface area (Å²) in [4.78, 5) is 31.1. The van der Waals surface area contributed by atoms with E-state index in [0.29, 0.717) is 12.2 Å². The monoisotopic (exact) mass is 392 g/mol. The summed E-state index contributed by atoms with van der Waals surface area (Å²) in [6.07, 6.45) is 0.353. The Bertz CT molecular complexity index is 1020. The Labute approximate surface area is 167 Å². The number of rotatable bonds is 7. The van der Waals surface area contributed by atoms with Gasteiger partial charge in [-0.1, -0.05) is 30.3 Å². The third-order valence-electron chi connectivity index (χ3n) is 4.10. The molecular formula is C21H20N4O4. The summed E-state index contributed by atoms with van der Waals surface area (Å²) in [6, 6.07) is 17.5. The molecule has 8 nitrogen and oxygen atoms in total. The van der Waals surface area contributed by atoms with Crippen LogP contribution in [-0.2, 0) is 11.2 Å². The minimum Gasteiger partial charge on any atom is -0.504 e. The van der Waals surface area contributed by atoms with Crippen LogP contribution in [0, 0.1) is 6.92 Å². The number of hydrogen-bond acceptors (Lipinski definition) is 6. The van der Waals surface area contributed by atoms with E-state index >= 15 is 0 Å². The summed E-state index contributed by atoms with van der Waals surface area (Å²) in [5.74, 6) is -1.96. The Kier molecular flexibility index (Phi) is 6.03. The molecule has 2 aromatic carbocycles. The number of anilines is 2. The van der Waals surface area contributed by atoms with Crippen LogP contribution < -0.4 is 10.6 Å². The van der Waals surface area contributed by atoms with E-state index < -0.39 is 18.4 Å². The molecule has 1 aromatic heterocycles. The highest BCUT2D eigenvalue weighted by Gasteiger charge is 2.18. The zero-order valence-corrected chi connectivity index (χ0v) is 15.7. The number of nitrogens with zero attached hydrogens (tertiary/aromatic N) is 2. The van der Waals surface area contributed by atoms with Crippen LogP contribution in [0.4, 0.5) is 11.4 Å². The van der Waals surface area contributed by atoms with E-state index in [0.717, 1.165) is 16.9 Å². The lowest BCUT2D eigenvalue weighted by Gasteiger charge is -2.10. The molecule has 0 aliphatic carbocycles. The zero-order chi connectivity index (χ0) is 20.8. The molecule has 0 aliphatic heterocycles. The molecule has 0 atom stereocenters. The first-order valence-corrected chi connectivity index (χ1v) is 8.90. The van der Waals surface area contributed by atoms with Gasteiger partial charge in [-0.2, -0.15) is 0 Å². The minimum atomic E-state index is -1.19. The van der Waals surface area contributed by atoms with Gasteiger partial charge in [0.1, 0.15) is 12.4 Å². The summed E-state index contributed by atoms with van der Waals surface area (Å²) in [5.41, 5.74) is 2.84. The third kappa shape index (κ3) is 5.29. The number of carbonyl (C=O) groups excluding carboxylic acids is 1. The number of carboxylic acid groups (broad SMARTS) is 1. The van der Waals surface area contributed by atoms with Crippen molar-refractivity contribution in [1.82, 2.24) is 15.3 Å². The highest BCUT2D eigenvalue weighted by molar-refractivity contribution is 5.96. The molecule has 1 amide bonds. The highest BCUT2D eigenvalue weighted by Crippen LogP contribution is 2.21. The lowest BCUT2D eigenvalue weighted by Crippen LogP contribution is -2.30. The van der Waals surface area contributed by atoms with Gasteiger partial charge in [0.25, 0.3) is 5.91 Å². The molecule has 0 radical (unpaired) electrons. The number of para-hydroxylation sites is 1. The van der Waals surface area contributed by atoms with Gasteiger partial charge in [-0.25, -0.2) is 9.97 Å². The van der Waals surface area contributed by atoms with Crippen molar-refractivity contribution in [2.45, 2.75) is 13.3 Å². The van der Waals surface area contributed by atoms with Crippen LogP contribution in [0.1, 0.15) is 27.6 Å². The lowest BCUT2D eigenvalue weighted by molar-refractivity contribution is -0.135. The van der Waals surface area contributed by atoms with Crippen molar-refractivity contribution in [3.05, 3.63) is 77.4 Å². The van der Waals surface area contributed by atoms with Crippen LogP contribution in [-0.4, -0.2) is 38.6 Å². The topological polar surface area (TPSA) is 124 Å². The van der Waals surface area contributed by atoms with Crippen molar-refractivity contribution in [2.75, 3.05) is 11.9 Å². The molecule has 148 valence electrons. The van der Waals surface area contributed by atoms with Gasteiger partial charge in [0.15, 0.2) is 11.4 Å². The van der Waals surface area contributed by atoms with Gasteiger partial charge >= 0.3 is 5.97 Å². The van der Waals surface area contributed by atoms with Gasteiger partial charge < -0.3 is 20.8 Å². The quantitative estimate of drug-likeness (QED) is 0.487. The van der Waals surface area contributed by atoms with Gasteiger partial charge in [-0.15, -0.1) is 0 Å². The first-order valence-electron chi connectivity index (χ1n) is 8.90. The number of nitrogens with one attached hydrogen (secondary N) is 2. The van der Waals surface area contributed by atoms with Gasteiger partial charge in [0, 0.05) is 17.8 Å². The minimum absolute atomic E-state index is 0.240. The van der Waals surface area contributed by atoms with Crippen LogP contribution in [0.2, 0.25) is 0 Å². The molecular weight excluding hydrogens is 372 g/mol. The maximum atomic E-state index is 12.1. The van der Waals surface area contributed by atoms with Crippen LogP contribution in [0.25, 0.3) is 0 Å². The number of aromatic nitrogens is 2. The maximum absolute atomic E-state index is 12.1. The van der Waals surface area contributed by atoms with E-state index in [1.165, 1.54) is 0 Å². The molecule has 0 saturated heterocycles. The van der Waals surface area contributed by atoms with Gasteiger partial charge in [-0.05, 0) is 36.8 Å². The van der Waals surface area contributed by atoms with Crippen LogP contribution in [0.15, 0.2) is 54.6 Å². The Balaban J connectivity index is 1.74. The number of carboxylic acids is 1. The van der Waals surface area contributed by atoms with Crippen molar-refractivity contribution in [3.63, 3.8) is 0 Å². The van der Waals surface area contributed by atoms with Crippen molar-refractivity contribution in [3.8, 4) is 5.75 Å². The molecule has 4 N–H and O–H groups in total. The van der Waals surface area contributed by atoms with Crippen LogP contribution in [0.5, 0.6) is 5.75 Å². The van der Waals surface area contributed by atoms with E-state index in [9.17, 15) is 14.7 Å². The van der Waals surface area contributed by atoms with E-state index in [2.05, 4.69) is 20.6 Å². The largest absolute Gasteiger partial charge is 0.504 e. The second-order valence-electron chi connectivity index (χ2n) is 6.36. The molecule has 0 aliphatic rings. The number of amides is 1. The third-order valence-corrected chi connectivity index (χ3v) is 4.10. The zero-order valence-electron chi connectivity index (χ0n) is 15.7. The molecule has 29 heavy (non-hydrogen) atoms. The van der Waals surface area contributed by atoms with Crippen LogP contribution in [0.3, 0.4) is 0 Å². The smallest absolute Gasteiger partial charge is 0.322 e. The molecule has 0 fully saturated rings. The first kappa shape index (κ1) is 19.8. The Morgan fingerprint density at radius 2 is 1.62 bits per heavy atom. The summed E-state index contributed by atoms with van der Waals surface area (Å²) in [5, 5.41) is 24.2. The lowest BCUT2D eigenvalue weighted by atomic mass is 10.1. The fraction of sp³-hybridized carbons (Fsp3) is 0.143. The number of hydrogen-bond donors (Lipinski definition) is 4. The Morgan fingerprint density at radius 1 is 0.966 bits per heavy atom. The number of aliphatic carboxylic acids is 1. The number of benzene rings is 2. The number of aromatic hydroxyl groups is 1. The Morgan fingerprint density at radius 3 is 2.28 bits per heavy atom. The standard InChI is InChI=1S/C21H20N4O4/c1-13-20(28)19(21(29)22-12-18(26)27)25-17(23-13)11-14-7-9-16(10-8-14)24-15-5-3-2-4-6-15/h2-10,24,28H,11-12H2,1H3,(H,22,29)(H,26,27). The van der Waals surface area contributed by atoms with Gasteiger partial charge in [-0.3, -0.25) is 9.59 Å². The molecule has 0 bridgehead atoms. The van der Waals surface area contributed by atoms with Crippen molar-refractivity contribution in [1.29, 1.82) is 0 Å². The number of aryl methyl sites for hydroxylation is 1. The van der Waals surface area contributed by atoms with E-state index in [-0.39, 0.29) is 17.1 Å². The fourth-order valence-corrected chi connectivity index (χ4v) is 2.68. The van der Waals surface area contributed by atoms with Crippen molar-refractivity contribution < 1.29 is 19.8 Å². The molecule has 3 aromatic rings. The predicted molar refractivity (Wildman–Crippen MR) is 107 cm³/mol. The van der Waals surface area contributed by atoms with Crippen molar-refractivity contribution in [2.24, 2.45) is 0 Å². The second-order valence-corrected chi connectivity index (χ2v) is 6.36. The molecule has 0 unspecified atom stereocenters. The van der Waals surface area contributed by atoms with Gasteiger partial charge in [0.05, 0.1) is 5.69 Å². The van der Waals surface area contributed by atoms with Gasteiger partial charge in [0.2, 0.25) is 0 Å². The maximum Gasteiger partial charge on any atom is 0.322 e. The normalized spacial score (nSPS) is 10.4. The van der Waals surface area contributed by atoms with Crippen LogP contribution >= 0.6 is 0 Å².